The van der Waals surface area contributed by atoms with Crippen molar-refractivity contribution in [3.8, 4) is 6.07 Å². The molecule has 0 saturated carbocycles. The zero-order chi connectivity index (χ0) is 10.6. The molecule has 74 valence electrons. The average molecular weight is 209 g/mol. The van der Waals surface area contributed by atoms with Gasteiger partial charge in [-0.2, -0.15) is 5.26 Å². The second-order valence-electron chi connectivity index (χ2n) is 2.67. The fourth-order valence-corrected chi connectivity index (χ4v) is 1.91. The molecule has 3 N–H and O–H groups in total. The quantitative estimate of drug-likeness (QED) is 0.722. The standard InChI is InChI=1S/C9H11N3OS/c1-2-12-14(13)9-4-7(6-10)3-8(11)5-9/h3-5,12H,2,11H2,1H3. The van der Waals surface area contributed by atoms with Crippen molar-refractivity contribution < 1.29 is 4.21 Å². The van der Waals surface area contributed by atoms with E-state index in [2.05, 4.69) is 4.72 Å². The van der Waals surface area contributed by atoms with Crippen molar-refractivity contribution in [1.29, 1.82) is 5.26 Å². The smallest absolute Gasteiger partial charge is 0.124 e. The van der Waals surface area contributed by atoms with E-state index in [9.17, 15) is 4.21 Å². The number of hydrogen-bond acceptors (Lipinski definition) is 3. The van der Waals surface area contributed by atoms with Crippen LogP contribution in [0.5, 0.6) is 0 Å². The van der Waals surface area contributed by atoms with Crippen LogP contribution in [0.2, 0.25) is 0 Å². The summed E-state index contributed by atoms with van der Waals surface area (Å²) in [7, 11) is -1.29. The van der Waals surface area contributed by atoms with Crippen LogP contribution in [0.1, 0.15) is 12.5 Å². The van der Waals surface area contributed by atoms with Crippen LogP contribution in [0, 0.1) is 11.3 Å². The van der Waals surface area contributed by atoms with Crippen molar-refractivity contribution in [2.75, 3.05) is 12.3 Å². The number of nitrogens with zero attached hydrogens (tertiary/aromatic N) is 1. The largest absolute Gasteiger partial charge is 0.399 e. The maximum atomic E-state index is 11.5. The molecule has 0 bridgehead atoms. The SMILES string of the molecule is CCNS(=O)c1cc(N)cc(C#N)c1. The van der Waals surface area contributed by atoms with Gasteiger partial charge in [-0.3, -0.25) is 0 Å². The Labute approximate surface area is 85.3 Å². The highest BCUT2D eigenvalue weighted by Crippen LogP contribution is 2.13. The zero-order valence-electron chi connectivity index (χ0n) is 7.78. The molecule has 1 aromatic rings. The van der Waals surface area contributed by atoms with Gasteiger partial charge in [-0.25, -0.2) is 8.93 Å². The Morgan fingerprint density at radius 3 is 2.86 bits per heavy atom. The van der Waals surface area contributed by atoms with Crippen molar-refractivity contribution in [3.63, 3.8) is 0 Å². The Bertz CT molecular complexity index is 398. The molecule has 0 aliphatic carbocycles. The topological polar surface area (TPSA) is 78.9 Å². The van der Waals surface area contributed by atoms with E-state index in [4.69, 9.17) is 11.0 Å². The minimum Gasteiger partial charge on any atom is -0.399 e. The highest BCUT2D eigenvalue weighted by molar-refractivity contribution is 7.83. The molecule has 0 aromatic heterocycles. The fraction of sp³-hybridized carbons (Fsp3) is 0.222. The van der Waals surface area contributed by atoms with Gasteiger partial charge in [0.25, 0.3) is 0 Å². The van der Waals surface area contributed by atoms with Gasteiger partial charge in [-0.05, 0) is 18.2 Å². The van der Waals surface area contributed by atoms with Crippen LogP contribution in [0.15, 0.2) is 23.1 Å². The summed E-state index contributed by atoms with van der Waals surface area (Å²) in [4.78, 5) is 0.531. The Kier molecular flexibility index (Phi) is 3.63. The van der Waals surface area contributed by atoms with Gasteiger partial charge < -0.3 is 5.73 Å². The van der Waals surface area contributed by atoms with E-state index < -0.39 is 11.0 Å². The second kappa shape index (κ2) is 4.74. The third-order valence-corrected chi connectivity index (χ3v) is 2.76. The van der Waals surface area contributed by atoms with E-state index in [1.807, 2.05) is 13.0 Å². The first kappa shape index (κ1) is 10.7. The van der Waals surface area contributed by atoms with Crippen molar-refractivity contribution in [1.82, 2.24) is 4.72 Å². The zero-order valence-corrected chi connectivity index (χ0v) is 8.60. The highest BCUT2D eigenvalue weighted by Gasteiger charge is 2.04. The number of rotatable bonds is 3. The maximum Gasteiger partial charge on any atom is 0.124 e. The minimum absolute atomic E-state index is 0.422. The van der Waals surface area contributed by atoms with Crippen LogP contribution in [0.25, 0.3) is 0 Å². The van der Waals surface area contributed by atoms with E-state index >= 15 is 0 Å². The minimum atomic E-state index is -1.29. The Morgan fingerprint density at radius 1 is 1.57 bits per heavy atom. The van der Waals surface area contributed by atoms with Crippen LogP contribution in [0.3, 0.4) is 0 Å². The van der Waals surface area contributed by atoms with E-state index in [0.717, 1.165) is 0 Å². The number of anilines is 1. The van der Waals surface area contributed by atoms with Gasteiger partial charge in [0.2, 0.25) is 0 Å². The van der Waals surface area contributed by atoms with Gasteiger partial charge in [0.1, 0.15) is 11.0 Å². The Morgan fingerprint density at radius 2 is 2.29 bits per heavy atom. The molecule has 0 amide bonds. The van der Waals surface area contributed by atoms with Gasteiger partial charge in [-0.1, -0.05) is 6.92 Å². The molecule has 0 aliphatic heterocycles. The lowest BCUT2D eigenvalue weighted by atomic mass is 10.2. The summed E-state index contributed by atoms with van der Waals surface area (Å²) >= 11 is 0. The third kappa shape index (κ3) is 2.55. The van der Waals surface area contributed by atoms with Crippen LogP contribution in [-0.4, -0.2) is 10.8 Å². The maximum absolute atomic E-state index is 11.5. The van der Waals surface area contributed by atoms with Gasteiger partial charge in [0, 0.05) is 12.2 Å². The summed E-state index contributed by atoms with van der Waals surface area (Å²) in [6.07, 6.45) is 0. The van der Waals surface area contributed by atoms with Crippen molar-refractivity contribution in [3.05, 3.63) is 23.8 Å². The van der Waals surface area contributed by atoms with E-state index in [-0.39, 0.29) is 0 Å². The molecule has 1 unspecified atom stereocenters. The van der Waals surface area contributed by atoms with Gasteiger partial charge in [0.05, 0.1) is 16.5 Å². The average Bonchev–Trinajstić information content (AvgIpc) is 2.17. The molecule has 0 heterocycles. The molecular weight excluding hydrogens is 198 g/mol. The number of nitrogens with one attached hydrogen (secondary N) is 1. The summed E-state index contributed by atoms with van der Waals surface area (Å²) in [5.74, 6) is 0. The molecule has 0 saturated heterocycles. The number of nitriles is 1. The molecule has 0 aliphatic rings. The molecule has 4 nitrogen and oxygen atoms in total. The first-order chi connectivity index (χ1) is 6.67. The molecule has 1 aromatic carbocycles. The lowest BCUT2D eigenvalue weighted by Crippen LogP contribution is -2.16. The molecule has 1 rings (SSSR count). The summed E-state index contributed by atoms with van der Waals surface area (Å²) in [6, 6.07) is 6.67. The lowest BCUT2D eigenvalue weighted by molar-refractivity contribution is 0.674. The summed E-state index contributed by atoms with van der Waals surface area (Å²) in [5.41, 5.74) is 6.43. The predicted octanol–water partition coefficient (Wildman–Crippen LogP) is 0.773. The third-order valence-electron chi connectivity index (χ3n) is 1.55. The lowest BCUT2D eigenvalue weighted by Gasteiger charge is -2.03. The molecule has 0 radical (unpaired) electrons. The Hall–Kier alpha value is -1.38. The second-order valence-corrected chi connectivity index (χ2v) is 3.97. The van der Waals surface area contributed by atoms with Gasteiger partial charge in [-0.15, -0.1) is 0 Å². The normalized spacial score (nSPS) is 12.0. The van der Waals surface area contributed by atoms with Crippen LogP contribution in [0.4, 0.5) is 5.69 Å². The van der Waals surface area contributed by atoms with Gasteiger partial charge >= 0.3 is 0 Å². The number of hydrogen-bond donors (Lipinski definition) is 2. The molecular formula is C9H11N3OS. The molecule has 5 heteroatoms. The number of nitrogens with two attached hydrogens (primary N) is 1. The van der Waals surface area contributed by atoms with Crippen molar-refractivity contribution >= 4 is 16.7 Å². The van der Waals surface area contributed by atoms with Crippen LogP contribution >= 0.6 is 0 Å². The van der Waals surface area contributed by atoms with E-state index in [0.29, 0.717) is 22.7 Å². The highest BCUT2D eigenvalue weighted by atomic mass is 32.2. The van der Waals surface area contributed by atoms with Crippen LogP contribution in [-0.2, 0) is 11.0 Å². The van der Waals surface area contributed by atoms with Crippen molar-refractivity contribution in [2.45, 2.75) is 11.8 Å². The Balaban J connectivity index is 3.04. The summed E-state index contributed by atoms with van der Waals surface area (Å²) in [6.45, 7) is 2.46. The fourth-order valence-electron chi connectivity index (χ4n) is 1.01. The first-order valence-electron chi connectivity index (χ1n) is 4.13. The van der Waals surface area contributed by atoms with Crippen LogP contribution < -0.4 is 10.5 Å². The number of nitrogen functional groups attached to an aromatic ring is 1. The molecule has 0 spiro atoms. The monoisotopic (exact) mass is 209 g/mol. The van der Waals surface area contributed by atoms with E-state index in [1.54, 1.807) is 18.2 Å². The first-order valence-corrected chi connectivity index (χ1v) is 5.28. The number of benzene rings is 1. The van der Waals surface area contributed by atoms with Gasteiger partial charge in [0.15, 0.2) is 0 Å². The van der Waals surface area contributed by atoms with E-state index in [1.165, 1.54) is 0 Å². The van der Waals surface area contributed by atoms with Crippen molar-refractivity contribution in [2.24, 2.45) is 0 Å². The predicted molar refractivity (Wildman–Crippen MR) is 55.7 cm³/mol. The molecule has 0 fully saturated rings. The summed E-state index contributed by atoms with van der Waals surface area (Å²) < 4.78 is 14.2. The molecule has 1 atom stereocenters. The summed E-state index contributed by atoms with van der Waals surface area (Å²) in [5, 5.41) is 8.67. The molecule has 14 heavy (non-hydrogen) atoms.